The second-order valence-corrected chi connectivity index (χ2v) is 6.00. The Hall–Kier alpha value is -1.35. The van der Waals surface area contributed by atoms with Crippen LogP contribution in [0.5, 0.6) is 0 Å². The fourth-order valence-electron chi connectivity index (χ4n) is 2.43. The molecule has 0 unspecified atom stereocenters. The summed E-state index contributed by atoms with van der Waals surface area (Å²) >= 11 is 0. The number of carbonyl (C=O) groups is 1. The van der Waals surface area contributed by atoms with Crippen LogP contribution in [0.3, 0.4) is 0 Å². The average molecular weight is 258 g/mol. The van der Waals surface area contributed by atoms with Crippen molar-refractivity contribution in [3.63, 3.8) is 0 Å². The standard InChI is InChI=1S/C16H22N2O/c17-9-12-5-7-15(8-6-12)16(19)18(10-13-1-2-13)11-14-3-4-14/h5-8,13-14H,1-4,9-11,17H2. The quantitative estimate of drug-likeness (QED) is 0.851. The fraction of sp³-hybridized carbons (Fsp3) is 0.562. The van der Waals surface area contributed by atoms with Crippen molar-refractivity contribution >= 4 is 5.91 Å². The Morgan fingerprint density at radius 3 is 2.00 bits per heavy atom. The van der Waals surface area contributed by atoms with Gasteiger partial charge in [0, 0.05) is 25.2 Å². The van der Waals surface area contributed by atoms with Crippen LogP contribution in [-0.4, -0.2) is 23.9 Å². The summed E-state index contributed by atoms with van der Waals surface area (Å²) in [6.07, 6.45) is 5.17. The van der Waals surface area contributed by atoms with Crippen LogP contribution < -0.4 is 5.73 Å². The lowest BCUT2D eigenvalue weighted by atomic mass is 10.1. The van der Waals surface area contributed by atoms with Gasteiger partial charge in [-0.2, -0.15) is 0 Å². The number of nitrogens with zero attached hydrogens (tertiary/aromatic N) is 1. The van der Waals surface area contributed by atoms with Gasteiger partial charge >= 0.3 is 0 Å². The molecule has 3 heteroatoms. The van der Waals surface area contributed by atoms with Crippen LogP contribution in [0.1, 0.15) is 41.6 Å². The molecular weight excluding hydrogens is 236 g/mol. The van der Waals surface area contributed by atoms with Gasteiger partial charge in [0.05, 0.1) is 0 Å². The van der Waals surface area contributed by atoms with E-state index >= 15 is 0 Å². The van der Waals surface area contributed by atoms with E-state index in [1.165, 1.54) is 25.7 Å². The van der Waals surface area contributed by atoms with Gasteiger partial charge in [0.1, 0.15) is 0 Å². The monoisotopic (exact) mass is 258 g/mol. The van der Waals surface area contributed by atoms with Crippen LogP contribution in [0.2, 0.25) is 0 Å². The van der Waals surface area contributed by atoms with Gasteiger partial charge < -0.3 is 10.6 Å². The van der Waals surface area contributed by atoms with E-state index in [0.29, 0.717) is 6.54 Å². The SMILES string of the molecule is NCc1ccc(C(=O)N(CC2CC2)CC2CC2)cc1. The third-order valence-corrected chi connectivity index (χ3v) is 4.07. The van der Waals surface area contributed by atoms with Gasteiger partial charge in [0.25, 0.3) is 5.91 Å². The van der Waals surface area contributed by atoms with E-state index in [-0.39, 0.29) is 5.91 Å². The highest BCUT2D eigenvalue weighted by molar-refractivity contribution is 5.94. The molecule has 2 fully saturated rings. The molecule has 0 saturated heterocycles. The smallest absolute Gasteiger partial charge is 0.253 e. The zero-order chi connectivity index (χ0) is 13.2. The average Bonchev–Trinajstić information content (AvgIpc) is 3.32. The molecule has 19 heavy (non-hydrogen) atoms. The van der Waals surface area contributed by atoms with Gasteiger partial charge in [-0.3, -0.25) is 4.79 Å². The molecule has 2 aliphatic carbocycles. The molecule has 0 spiro atoms. The van der Waals surface area contributed by atoms with Crippen molar-refractivity contribution in [2.24, 2.45) is 17.6 Å². The molecule has 0 heterocycles. The van der Waals surface area contributed by atoms with Gasteiger partial charge in [0.2, 0.25) is 0 Å². The van der Waals surface area contributed by atoms with Crippen molar-refractivity contribution in [2.45, 2.75) is 32.2 Å². The molecule has 0 atom stereocenters. The summed E-state index contributed by atoms with van der Waals surface area (Å²) in [6.45, 7) is 2.43. The molecular formula is C16H22N2O. The summed E-state index contributed by atoms with van der Waals surface area (Å²) in [5.41, 5.74) is 7.47. The second-order valence-electron chi connectivity index (χ2n) is 6.00. The summed E-state index contributed by atoms with van der Waals surface area (Å²) in [7, 11) is 0. The van der Waals surface area contributed by atoms with Crippen LogP contribution in [0.25, 0.3) is 0 Å². The van der Waals surface area contributed by atoms with Gasteiger partial charge in [-0.15, -0.1) is 0 Å². The lowest BCUT2D eigenvalue weighted by Gasteiger charge is -2.22. The van der Waals surface area contributed by atoms with E-state index in [1.807, 2.05) is 24.3 Å². The Balaban J connectivity index is 1.69. The largest absolute Gasteiger partial charge is 0.338 e. The molecule has 0 radical (unpaired) electrons. The minimum Gasteiger partial charge on any atom is -0.338 e. The summed E-state index contributed by atoms with van der Waals surface area (Å²) in [5, 5.41) is 0. The van der Waals surface area contributed by atoms with Gasteiger partial charge in [-0.25, -0.2) is 0 Å². The van der Waals surface area contributed by atoms with E-state index in [2.05, 4.69) is 4.90 Å². The first-order valence-electron chi connectivity index (χ1n) is 7.34. The maximum absolute atomic E-state index is 12.6. The minimum atomic E-state index is 0.197. The van der Waals surface area contributed by atoms with Gasteiger partial charge in [-0.1, -0.05) is 12.1 Å². The maximum Gasteiger partial charge on any atom is 0.253 e. The highest BCUT2D eigenvalue weighted by Gasteiger charge is 2.31. The minimum absolute atomic E-state index is 0.197. The molecule has 2 aliphatic rings. The lowest BCUT2D eigenvalue weighted by Crippen LogP contribution is -2.34. The molecule has 2 saturated carbocycles. The first-order chi connectivity index (χ1) is 9.26. The summed E-state index contributed by atoms with van der Waals surface area (Å²) in [6, 6.07) is 7.74. The zero-order valence-corrected chi connectivity index (χ0v) is 11.3. The van der Waals surface area contributed by atoms with E-state index in [9.17, 15) is 4.79 Å². The summed E-state index contributed by atoms with van der Waals surface area (Å²) in [5.74, 6) is 1.71. The van der Waals surface area contributed by atoms with Crippen LogP contribution in [0.15, 0.2) is 24.3 Å². The Labute approximate surface area is 114 Å². The van der Waals surface area contributed by atoms with E-state index < -0.39 is 0 Å². The Bertz CT molecular complexity index is 432. The van der Waals surface area contributed by atoms with E-state index in [0.717, 1.165) is 36.1 Å². The number of amides is 1. The first kappa shape index (κ1) is 12.7. The number of nitrogens with two attached hydrogens (primary N) is 1. The Morgan fingerprint density at radius 2 is 1.58 bits per heavy atom. The molecule has 0 aliphatic heterocycles. The van der Waals surface area contributed by atoms with Crippen LogP contribution in [0, 0.1) is 11.8 Å². The van der Waals surface area contributed by atoms with Crippen molar-refractivity contribution in [1.29, 1.82) is 0 Å². The normalized spacial score (nSPS) is 18.4. The van der Waals surface area contributed by atoms with Crippen molar-refractivity contribution in [1.82, 2.24) is 4.90 Å². The first-order valence-corrected chi connectivity index (χ1v) is 7.34. The molecule has 1 aromatic rings. The third kappa shape index (κ3) is 3.35. The van der Waals surface area contributed by atoms with Crippen LogP contribution >= 0.6 is 0 Å². The second kappa shape index (κ2) is 5.33. The van der Waals surface area contributed by atoms with Crippen molar-refractivity contribution < 1.29 is 4.79 Å². The van der Waals surface area contributed by atoms with Crippen molar-refractivity contribution in [3.8, 4) is 0 Å². The maximum atomic E-state index is 12.6. The zero-order valence-electron chi connectivity index (χ0n) is 11.3. The van der Waals surface area contributed by atoms with Crippen LogP contribution in [-0.2, 0) is 6.54 Å². The summed E-state index contributed by atoms with van der Waals surface area (Å²) < 4.78 is 0. The Kier molecular flexibility index (Phi) is 3.56. The Morgan fingerprint density at radius 1 is 1.05 bits per heavy atom. The topological polar surface area (TPSA) is 46.3 Å². The molecule has 1 aromatic carbocycles. The highest BCUT2D eigenvalue weighted by atomic mass is 16.2. The molecule has 2 N–H and O–H groups in total. The molecule has 3 nitrogen and oxygen atoms in total. The third-order valence-electron chi connectivity index (χ3n) is 4.07. The lowest BCUT2D eigenvalue weighted by molar-refractivity contribution is 0.0739. The van der Waals surface area contributed by atoms with E-state index in [4.69, 9.17) is 5.73 Å². The van der Waals surface area contributed by atoms with Crippen molar-refractivity contribution in [2.75, 3.05) is 13.1 Å². The van der Waals surface area contributed by atoms with Crippen LogP contribution in [0.4, 0.5) is 0 Å². The molecule has 3 rings (SSSR count). The molecule has 102 valence electrons. The molecule has 0 bridgehead atoms. The predicted molar refractivity (Wildman–Crippen MR) is 75.7 cm³/mol. The van der Waals surface area contributed by atoms with Crippen molar-refractivity contribution in [3.05, 3.63) is 35.4 Å². The number of benzene rings is 1. The number of hydrogen-bond acceptors (Lipinski definition) is 2. The predicted octanol–water partition coefficient (Wildman–Crippen LogP) is 2.41. The highest BCUT2D eigenvalue weighted by Crippen LogP contribution is 2.34. The fourth-order valence-corrected chi connectivity index (χ4v) is 2.43. The summed E-state index contributed by atoms with van der Waals surface area (Å²) in [4.78, 5) is 14.6. The number of rotatable bonds is 6. The number of hydrogen-bond donors (Lipinski definition) is 1. The molecule has 0 aromatic heterocycles. The number of carbonyl (C=O) groups excluding carboxylic acids is 1. The van der Waals surface area contributed by atoms with Gasteiger partial charge in [-0.05, 0) is 55.2 Å². The van der Waals surface area contributed by atoms with Gasteiger partial charge in [0.15, 0.2) is 0 Å². The van der Waals surface area contributed by atoms with E-state index in [1.54, 1.807) is 0 Å². The molecule has 1 amide bonds.